The molecule has 1 amide bonds. The van der Waals surface area contributed by atoms with Crippen molar-refractivity contribution in [2.75, 3.05) is 5.75 Å². The smallest absolute Gasteiger partial charge is 0.232 e. The minimum atomic E-state index is -1.36. The Kier molecular flexibility index (Phi) is 6.43. The summed E-state index contributed by atoms with van der Waals surface area (Å²) in [7, 11) is -1.36. The van der Waals surface area contributed by atoms with Crippen molar-refractivity contribution in [2.45, 2.75) is 19.2 Å². The Morgan fingerprint density at radius 3 is 2.55 bits per heavy atom. The highest BCUT2D eigenvalue weighted by atomic mass is 32.2. The lowest BCUT2D eigenvalue weighted by molar-refractivity contribution is -0.118. The second kappa shape index (κ2) is 9.57. The first-order chi connectivity index (χ1) is 15.1. The van der Waals surface area contributed by atoms with Crippen LogP contribution in [0.15, 0.2) is 85.3 Å². The normalized spacial score (nSPS) is 11.9. The number of rotatable bonds is 8. The predicted molar refractivity (Wildman–Crippen MR) is 123 cm³/mol. The van der Waals surface area contributed by atoms with E-state index in [4.69, 9.17) is 0 Å². The molecule has 6 nitrogen and oxygen atoms in total. The third-order valence-corrected chi connectivity index (χ3v) is 6.06. The fraction of sp³-hybridized carbons (Fsp3) is 0.167. The van der Waals surface area contributed by atoms with E-state index in [0.29, 0.717) is 6.54 Å². The molecule has 0 saturated heterocycles. The lowest BCUT2D eigenvalue weighted by atomic mass is 10.1. The zero-order valence-corrected chi connectivity index (χ0v) is 18.1. The molecule has 0 aliphatic rings. The Bertz CT molecular complexity index is 1180. The average Bonchev–Trinajstić information content (AvgIpc) is 3.42. The number of benzene rings is 2. The first-order valence-electron chi connectivity index (χ1n) is 10.0. The number of carbonyl (C=O) groups excluding carboxylic acids is 1. The van der Waals surface area contributed by atoms with Crippen LogP contribution in [0.1, 0.15) is 16.7 Å². The van der Waals surface area contributed by atoms with E-state index in [1.807, 2.05) is 95.3 Å². The topological polar surface area (TPSA) is 68.9 Å². The molecule has 2 heterocycles. The fourth-order valence-electron chi connectivity index (χ4n) is 3.43. The van der Waals surface area contributed by atoms with Crippen LogP contribution < -0.4 is 5.32 Å². The van der Waals surface area contributed by atoms with Gasteiger partial charge >= 0.3 is 0 Å². The molecule has 0 radical (unpaired) electrons. The lowest BCUT2D eigenvalue weighted by Gasteiger charge is -2.11. The first-order valence-corrected chi connectivity index (χ1v) is 11.5. The summed E-state index contributed by atoms with van der Waals surface area (Å²) in [6.07, 6.45) is 5.58. The largest absolute Gasteiger partial charge is 0.351 e. The highest BCUT2D eigenvalue weighted by molar-refractivity contribution is 7.84. The molecular formula is C24H24N4O2S. The van der Waals surface area contributed by atoms with Gasteiger partial charge in [-0.1, -0.05) is 48.0 Å². The van der Waals surface area contributed by atoms with Gasteiger partial charge in [0, 0.05) is 35.3 Å². The molecular weight excluding hydrogens is 408 g/mol. The van der Waals surface area contributed by atoms with Crippen LogP contribution in [0.3, 0.4) is 0 Å². The fourth-order valence-corrected chi connectivity index (χ4v) is 4.48. The minimum Gasteiger partial charge on any atom is -0.351 e. The van der Waals surface area contributed by atoms with Crippen LogP contribution in [0.5, 0.6) is 0 Å². The van der Waals surface area contributed by atoms with E-state index in [1.54, 1.807) is 6.20 Å². The summed E-state index contributed by atoms with van der Waals surface area (Å²) in [5.74, 6) is 0.800. The molecule has 0 unspecified atom stereocenters. The first kappa shape index (κ1) is 20.8. The Balaban J connectivity index is 1.46. The zero-order chi connectivity index (χ0) is 21.6. The van der Waals surface area contributed by atoms with Crippen molar-refractivity contribution >= 4 is 16.7 Å². The Labute approximate surface area is 184 Å². The number of hydrogen-bond donors (Lipinski definition) is 1. The quantitative estimate of drug-likeness (QED) is 0.463. The summed E-state index contributed by atoms with van der Waals surface area (Å²) in [5, 5.41) is 7.38. The van der Waals surface area contributed by atoms with Gasteiger partial charge < -0.3 is 9.88 Å². The van der Waals surface area contributed by atoms with E-state index in [0.717, 1.165) is 28.2 Å². The molecule has 4 rings (SSSR count). The van der Waals surface area contributed by atoms with Crippen LogP contribution in [0, 0.1) is 6.92 Å². The van der Waals surface area contributed by atoms with Gasteiger partial charge in [0.1, 0.15) is 11.6 Å². The second-order valence-corrected chi connectivity index (χ2v) is 8.78. The van der Waals surface area contributed by atoms with Crippen molar-refractivity contribution in [3.05, 3.63) is 102 Å². The van der Waals surface area contributed by atoms with E-state index in [1.165, 1.54) is 0 Å². The number of hydrogen-bond acceptors (Lipinski definition) is 3. The number of amides is 1. The standard InChI is InChI=1S/C24H24N4O2S/c1-19-8-7-9-20(14-19)15-25-23(29)18-31(30)17-21-16-26-28(22-10-3-2-4-11-22)24(21)27-12-5-6-13-27/h2-14,16H,15,17-18H2,1H3,(H,25,29)/t31-/m0/s1. The number of aromatic nitrogens is 3. The number of nitrogens with zero attached hydrogens (tertiary/aromatic N) is 3. The molecule has 158 valence electrons. The minimum absolute atomic E-state index is 0.0482. The highest BCUT2D eigenvalue weighted by Crippen LogP contribution is 2.21. The van der Waals surface area contributed by atoms with E-state index in [-0.39, 0.29) is 17.4 Å². The van der Waals surface area contributed by atoms with Gasteiger partial charge in [0.2, 0.25) is 5.91 Å². The third kappa shape index (κ3) is 5.19. The molecule has 0 aliphatic carbocycles. The van der Waals surface area contributed by atoms with Gasteiger partial charge in [0.15, 0.2) is 0 Å². The van der Waals surface area contributed by atoms with E-state index in [2.05, 4.69) is 10.4 Å². The summed E-state index contributed by atoms with van der Waals surface area (Å²) < 4.78 is 16.5. The number of nitrogens with one attached hydrogen (secondary N) is 1. The molecule has 1 atom stereocenters. The summed E-state index contributed by atoms with van der Waals surface area (Å²) >= 11 is 0. The molecule has 2 aromatic carbocycles. The van der Waals surface area contributed by atoms with Crippen molar-refractivity contribution in [2.24, 2.45) is 0 Å². The van der Waals surface area contributed by atoms with Gasteiger partial charge in [-0.2, -0.15) is 5.10 Å². The molecule has 31 heavy (non-hydrogen) atoms. The van der Waals surface area contributed by atoms with Gasteiger partial charge in [0.05, 0.1) is 17.6 Å². The van der Waals surface area contributed by atoms with Gasteiger partial charge in [-0.05, 0) is 36.8 Å². The summed E-state index contributed by atoms with van der Waals surface area (Å²) in [4.78, 5) is 12.3. The third-order valence-electron chi connectivity index (χ3n) is 4.85. The summed E-state index contributed by atoms with van der Waals surface area (Å²) in [6, 6.07) is 21.6. The monoisotopic (exact) mass is 432 g/mol. The van der Waals surface area contributed by atoms with E-state index < -0.39 is 10.8 Å². The van der Waals surface area contributed by atoms with Crippen molar-refractivity contribution in [3.8, 4) is 11.5 Å². The van der Waals surface area contributed by atoms with Crippen molar-refractivity contribution in [3.63, 3.8) is 0 Å². The molecule has 0 spiro atoms. The van der Waals surface area contributed by atoms with Gasteiger partial charge in [-0.3, -0.25) is 9.00 Å². The van der Waals surface area contributed by atoms with Crippen molar-refractivity contribution < 1.29 is 9.00 Å². The molecule has 0 aliphatic heterocycles. The molecule has 7 heteroatoms. The molecule has 2 aromatic heterocycles. The van der Waals surface area contributed by atoms with Gasteiger partial charge in [0.25, 0.3) is 0 Å². The number of carbonyl (C=O) groups is 1. The van der Waals surface area contributed by atoms with E-state index in [9.17, 15) is 9.00 Å². The van der Waals surface area contributed by atoms with Crippen LogP contribution in [0.2, 0.25) is 0 Å². The SMILES string of the molecule is Cc1cccc(CNC(=O)C[S@@](=O)Cc2cnn(-c3ccccc3)c2-n2cccc2)c1. The predicted octanol–water partition coefficient (Wildman–Crippen LogP) is 3.54. The molecule has 1 N–H and O–H groups in total. The van der Waals surface area contributed by atoms with Crippen LogP contribution in [0.4, 0.5) is 0 Å². The van der Waals surface area contributed by atoms with Crippen LogP contribution in [0.25, 0.3) is 11.5 Å². The summed E-state index contributed by atoms with van der Waals surface area (Å²) in [6.45, 7) is 2.44. The van der Waals surface area contributed by atoms with Crippen molar-refractivity contribution in [1.29, 1.82) is 0 Å². The Hall–Kier alpha value is -3.45. The molecule has 0 bridgehead atoms. The van der Waals surface area contributed by atoms with Gasteiger partial charge in [-0.15, -0.1) is 0 Å². The Morgan fingerprint density at radius 2 is 1.81 bits per heavy atom. The maximum Gasteiger partial charge on any atom is 0.232 e. The zero-order valence-electron chi connectivity index (χ0n) is 17.3. The Morgan fingerprint density at radius 1 is 1.03 bits per heavy atom. The number of para-hydroxylation sites is 1. The highest BCUT2D eigenvalue weighted by Gasteiger charge is 2.17. The average molecular weight is 433 g/mol. The molecule has 0 saturated carbocycles. The van der Waals surface area contributed by atoms with Crippen LogP contribution in [-0.4, -0.2) is 30.2 Å². The maximum absolute atomic E-state index is 12.8. The van der Waals surface area contributed by atoms with Crippen molar-refractivity contribution in [1.82, 2.24) is 19.7 Å². The number of aryl methyl sites for hydroxylation is 1. The van der Waals surface area contributed by atoms with E-state index >= 15 is 0 Å². The van der Waals surface area contributed by atoms with Crippen LogP contribution in [-0.2, 0) is 27.9 Å². The van der Waals surface area contributed by atoms with Crippen LogP contribution >= 0.6 is 0 Å². The second-order valence-electron chi connectivity index (χ2n) is 7.33. The lowest BCUT2D eigenvalue weighted by Crippen LogP contribution is -2.28. The molecule has 0 fully saturated rings. The van der Waals surface area contributed by atoms with Gasteiger partial charge in [-0.25, -0.2) is 4.68 Å². The maximum atomic E-state index is 12.8. The summed E-state index contributed by atoms with van der Waals surface area (Å²) in [5.41, 5.74) is 3.91. The molecule has 4 aromatic rings.